The second-order valence-corrected chi connectivity index (χ2v) is 3.66. The van der Waals surface area contributed by atoms with Crippen molar-refractivity contribution in [1.29, 1.82) is 0 Å². The normalized spacial score (nSPS) is 10.3. The molecular formula is C12H11ClN2. The van der Waals surface area contributed by atoms with Crippen LogP contribution in [0.15, 0.2) is 42.6 Å². The lowest BCUT2D eigenvalue weighted by molar-refractivity contribution is 1.05. The minimum atomic E-state index is 0.492. The van der Waals surface area contributed by atoms with Crippen molar-refractivity contribution < 1.29 is 0 Å². The lowest BCUT2D eigenvalue weighted by atomic mass is 10.1. The molecule has 0 saturated carbocycles. The first-order valence-corrected chi connectivity index (χ1v) is 5.09. The molecule has 1 aromatic heterocycles. The van der Waals surface area contributed by atoms with E-state index < -0.39 is 0 Å². The van der Waals surface area contributed by atoms with Gasteiger partial charge in [0.15, 0.2) is 0 Å². The third-order valence-corrected chi connectivity index (χ3v) is 2.48. The zero-order valence-corrected chi connectivity index (χ0v) is 8.91. The van der Waals surface area contributed by atoms with Crippen molar-refractivity contribution in [2.24, 2.45) is 5.73 Å². The van der Waals surface area contributed by atoms with Gasteiger partial charge >= 0.3 is 0 Å². The fourth-order valence-electron chi connectivity index (χ4n) is 1.47. The summed E-state index contributed by atoms with van der Waals surface area (Å²) in [5.74, 6) is 0. The fraction of sp³-hybridized carbons (Fsp3) is 0.0833. The van der Waals surface area contributed by atoms with Crippen LogP contribution in [0.1, 0.15) is 5.56 Å². The quantitative estimate of drug-likeness (QED) is 0.842. The van der Waals surface area contributed by atoms with Crippen molar-refractivity contribution in [3.8, 4) is 11.3 Å². The second kappa shape index (κ2) is 4.43. The monoisotopic (exact) mass is 218 g/mol. The third-order valence-electron chi connectivity index (χ3n) is 2.23. The molecule has 0 aliphatic carbocycles. The van der Waals surface area contributed by atoms with Crippen LogP contribution >= 0.6 is 11.6 Å². The lowest BCUT2D eigenvalue weighted by Crippen LogP contribution is -2.00. The summed E-state index contributed by atoms with van der Waals surface area (Å²) < 4.78 is 0. The van der Waals surface area contributed by atoms with Crippen LogP contribution in [-0.4, -0.2) is 4.98 Å². The Balaban J connectivity index is 2.49. The number of nitrogens with two attached hydrogens (primary N) is 1. The Labute approximate surface area is 93.7 Å². The average molecular weight is 219 g/mol. The van der Waals surface area contributed by atoms with Gasteiger partial charge in [0.05, 0.1) is 5.69 Å². The van der Waals surface area contributed by atoms with Gasteiger partial charge in [0.25, 0.3) is 0 Å². The molecule has 2 nitrogen and oxygen atoms in total. The number of hydrogen-bond acceptors (Lipinski definition) is 2. The predicted molar refractivity (Wildman–Crippen MR) is 62.6 cm³/mol. The summed E-state index contributed by atoms with van der Waals surface area (Å²) in [6.07, 6.45) is 1.77. The Hall–Kier alpha value is -1.38. The average Bonchev–Trinajstić information content (AvgIpc) is 2.30. The van der Waals surface area contributed by atoms with Crippen molar-refractivity contribution in [1.82, 2.24) is 4.98 Å². The van der Waals surface area contributed by atoms with E-state index in [9.17, 15) is 0 Å². The van der Waals surface area contributed by atoms with Crippen molar-refractivity contribution in [2.45, 2.75) is 6.54 Å². The van der Waals surface area contributed by atoms with Gasteiger partial charge in [-0.3, -0.25) is 4.98 Å². The first-order chi connectivity index (χ1) is 7.31. The van der Waals surface area contributed by atoms with E-state index in [2.05, 4.69) is 4.98 Å². The SMILES string of the molecule is NCc1cccnc1-c1ccc(Cl)cc1. The number of aromatic nitrogens is 1. The van der Waals surface area contributed by atoms with E-state index in [0.29, 0.717) is 6.54 Å². The van der Waals surface area contributed by atoms with Gasteiger partial charge in [-0.1, -0.05) is 29.8 Å². The van der Waals surface area contributed by atoms with Gasteiger partial charge in [0.2, 0.25) is 0 Å². The zero-order valence-electron chi connectivity index (χ0n) is 8.15. The predicted octanol–water partition coefficient (Wildman–Crippen LogP) is 2.86. The van der Waals surface area contributed by atoms with Crippen LogP contribution in [0.3, 0.4) is 0 Å². The molecular weight excluding hydrogens is 208 g/mol. The van der Waals surface area contributed by atoms with E-state index in [1.54, 1.807) is 6.20 Å². The van der Waals surface area contributed by atoms with E-state index in [1.165, 1.54) is 0 Å². The molecule has 3 heteroatoms. The van der Waals surface area contributed by atoms with E-state index in [4.69, 9.17) is 17.3 Å². The summed E-state index contributed by atoms with van der Waals surface area (Å²) in [6.45, 7) is 0.492. The van der Waals surface area contributed by atoms with Crippen LogP contribution in [0.2, 0.25) is 5.02 Å². The molecule has 0 saturated heterocycles. The van der Waals surface area contributed by atoms with Gasteiger partial charge < -0.3 is 5.73 Å². The molecule has 0 fully saturated rings. The van der Waals surface area contributed by atoms with Crippen LogP contribution in [0.5, 0.6) is 0 Å². The van der Waals surface area contributed by atoms with Crippen LogP contribution in [0.4, 0.5) is 0 Å². The van der Waals surface area contributed by atoms with Crippen LogP contribution < -0.4 is 5.73 Å². The van der Waals surface area contributed by atoms with Crippen molar-refractivity contribution in [3.63, 3.8) is 0 Å². The Morgan fingerprint density at radius 3 is 2.53 bits per heavy atom. The van der Waals surface area contributed by atoms with Gasteiger partial charge in [-0.05, 0) is 23.8 Å². The van der Waals surface area contributed by atoms with Crippen molar-refractivity contribution in [3.05, 3.63) is 53.2 Å². The maximum atomic E-state index is 5.83. The summed E-state index contributed by atoms with van der Waals surface area (Å²) in [7, 11) is 0. The molecule has 15 heavy (non-hydrogen) atoms. The fourth-order valence-corrected chi connectivity index (χ4v) is 1.60. The second-order valence-electron chi connectivity index (χ2n) is 3.22. The number of nitrogens with zero attached hydrogens (tertiary/aromatic N) is 1. The molecule has 0 atom stereocenters. The molecule has 0 amide bonds. The van der Waals surface area contributed by atoms with E-state index in [1.807, 2.05) is 36.4 Å². The number of benzene rings is 1. The van der Waals surface area contributed by atoms with E-state index >= 15 is 0 Å². The highest BCUT2D eigenvalue weighted by Gasteiger charge is 2.03. The van der Waals surface area contributed by atoms with Gasteiger partial charge in [0.1, 0.15) is 0 Å². The highest BCUT2D eigenvalue weighted by atomic mass is 35.5. The van der Waals surface area contributed by atoms with Gasteiger partial charge in [-0.2, -0.15) is 0 Å². The molecule has 0 aliphatic rings. The highest BCUT2D eigenvalue weighted by molar-refractivity contribution is 6.30. The number of hydrogen-bond donors (Lipinski definition) is 1. The first-order valence-electron chi connectivity index (χ1n) is 4.71. The van der Waals surface area contributed by atoms with E-state index in [0.717, 1.165) is 21.8 Å². The smallest absolute Gasteiger partial charge is 0.0746 e. The van der Waals surface area contributed by atoms with Crippen molar-refractivity contribution in [2.75, 3.05) is 0 Å². The number of rotatable bonds is 2. The maximum Gasteiger partial charge on any atom is 0.0746 e. The molecule has 2 N–H and O–H groups in total. The molecule has 76 valence electrons. The van der Waals surface area contributed by atoms with Gasteiger partial charge in [-0.25, -0.2) is 0 Å². The van der Waals surface area contributed by atoms with E-state index in [-0.39, 0.29) is 0 Å². The van der Waals surface area contributed by atoms with Gasteiger partial charge in [0, 0.05) is 23.3 Å². The highest BCUT2D eigenvalue weighted by Crippen LogP contribution is 2.22. The number of pyridine rings is 1. The molecule has 2 rings (SSSR count). The van der Waals surface area contributed by atoms with Crippen LogP contribution in [-0.2, 0) is 6.54 Å². The zero-order chi connectivity index (χ0) is 10.7. The minimum Gasteiger partial charge on any atom is -0.326 e. The minimum absolute atomic E-state index is 0.492. The molecule has 0 aliphatic heterocycles. The number of halogens is 1. The Morgan fingerprint density at radius 2 is 1.87 bits per heavy atom. The molecule has 1 heterocycles. The third kappa shape index (κ3) is 2.17. The molecule has 0 radical (unpaired) electrons. The largest absolute Gasteiger partial charge is 0.326 e. The molecule has 1 aromatic carbocycles. The first kappa shape index (κ1) is 10.1. The molecule has 0 bridgehead atoms. The lowest BCUT2D eigenvalue weighted by Gasteiger charge is -2.06. The molecule has 0 unspecified atom stereocenters. The summed E-state index contributed by atoms with van der Waals surface area (Å²) in [6, 6.07) is 11.5. The van der Waals surface area contributed by atoms with Crippen LogP contribution in [0.25, 0.3) is 11.3 Å². The molecule has 0 spiro atoms. The Bertz CT molecular complexity index is 451. The summed E-state index contributed by atoms with van der Waals surface area (Å²) >= 11 is 5.83. The summed E-state index contributed by atoms with van der Waals surface area (Å²) in [4.78, 5) is 4.33. The summed E-state index contributed by atoms with van der Waals surface area (Å²) in [5, 5.41) is 0.726. The molecule has 2 aromatic rings. The Kier molecular flexibility index (Phi) is 2.99. The van der Waals surface area contributed by atoms with Crippen LogP contribution in [0, 0.1) is 0 Å². The standard InChI is InChI=1S/C12H11ClN2/c13-11-5-3-9(4-6-11)12-10(8-14)2-1-7-15-12/h1-7H,8,14H2. The van der Waals surface area contributed by atoms with Crippen molar-refractivity contribution >= 4 is 11.6 Å². The van der Waals surface area contributed by atoms with Gasteiger partial charge in [-0.15, -0.1) is 0 Å². The topological polar surface area (TPSA) is 38.9 Å². The summed E-state index contributed by atoms with van der Waals surface area (Å²) in [5.41, 5.74) is 8.66. The maximum absolute atomic E-state index is 5.83. The Morgan fingerprint density at radius 1 is 1.13 bits per heavy atom.